The maximum absolute atomic E-state index is 5.40. The lowest BCUT2D eigenvalue weighted by Gasteiger charge is -2.37. The number of likely N-dealkylation sites (N-methyl/N-ethyl adjacent to an activating group) is 2. The van der Waals surface area contributed by atoms with Gasteiger partial charge < -0.3 is 24.6 Å². The normalized spacial score (nSPS) is 16.7. The highest BCUT2D eigenvalue weighted by molar-refractivity contribution is 14.0. The molecule has 1 fully saturated rings. The van der Waals surface area contributed by atoms with E-state index in [0.717, 1.165) is 63.1 Å². The van der Waals surface area contributed by atoms with Gasteiger partial charge in [0.25, 0.3) is 0 Å². The van der Waals surface area contributed by atoms with Crippen molar-refractivity contribution < 1.29 is 9.47 Å². The lowest BCUT2D eigenvalue weighted by molar-refractivity contribution is 0.119. The highest BCUT2D eigenvalue weighted by Gasteiger charge is 2.19. The molecule has 1 aliphatic rings. The van der Waals surface area contributed by atoms with E-state index < -0.39 is 0 Å². The first-order chi connectivity index (χ1) is 13.5. The highest BCUT2D eigenvalue weighted by Crippen LogP contribution is 2.27. The van der Waals surface area contributed by atoms with Crippen LogP contribution < -0.4 is 14.8 Å². The van der Waals surface area contributed by atoms with Gasteiger partial charge in [-0.05, 0) is 38.1 Å². The van der Waals surface area contributed by atoms with Crippen molar-refractivity contribution in [3.05, 3.63) is 23.8 Å². The lowest BCUT2D eigenvalue weighted by atomic mass is 10.1. The van der Waals surface area contributed by atoms with Gasteiger partial charge in [0.15, 0.2) is 17.5 Å². The zero-order valence-electron chi connectivity index (χ0n) is 18.8. The topological polar surface area (TPSA) is 52.6 Å². The summed E-state index contributed by atoms with van der Waals surface area (Å²) in [6, 6.07) is 6.57. The third-order valence-corrected chi connectivity index (χ3v) is 5.47. The molecule has 166 valence electrons. The fourth-order valence-corrected chi connectivity index (χ4v) is 3.45. The lowest BCUT2D eigenvalue weighted by Crippen LogP contribution is -2.52. The molecule has 0 bridgehead atoms. The molecule has 7 nitrogen and oxygen atoms in total. The van der Waals surface area contributed by atoms with E-state index in [0.29, 0.717) is 6.04 Å². The summed E-state index contributed by atoms with van der Waals surface area (Å²) in [6.45, 7) is 8.61. The van der Waals surface area contributed by atoms with Crippen molar-refractivity contribution in [1.82, 2.24) is 20.0 Å². The van der Waals surface area contributed by atoms with E-state index in [9.17, 15) is 0 Å². The molecule has 2 rings (SSSR count). The molecule has 1 heterocycles. The van der Waals surface area contributed by atoms with Crippen LogP contribution in [0.15, 0.2) is 23.2 Å². The molecule has 0 aliphatic carbocycles. The average Bonchev–Trinajstić information content (AvgIpc) is 2.72. The van der Waals surface area contributed by atoms with Crippen LogP contribution in [-0.4, -0.2) is 101 Å². The molecule has 0 aromatic heterocycles. The number of methoxy groups -OCH3 is 2. The number of rotatable bonds is 8. The quantitative estimate of drug-likeness (QED) is 0.322. The van der Waals surface area contributed by atoms with Gasteiger partial charge >= 0.3 is 0 Å². The fraction of sp³-hybridized carbons (Fsp3) is 0.667. The minimum absolute atomic E-state index is 0. The molecule has 1 aliphatic heterocycles. The fourth-order valence-electron chi connectivity index (χ4n) is 3.45. The number of hydrogen-bond donors (Lipinski definition) is 1. The number of aliphatic imine (C=N–C) groups is 1. The predicted octanol–water partition coefficient (Wildman–Crippen LogP) is 2.01. The molecule has 0 radical (unpaired) electrons. The van der Waals surface area contributed by atoms with E-state index in [-0.39, 0.29) is 24.0 Å². The summed E-state index contributed by atoms with van der Waals surface area (Å²) < 4.78 is 10.7. The van der Waals surface area contributed by atoms with Crippen LogP contribution >= 0.6 is 24.0 Å². The second kappa shape index (κ2) is 13.1. The van der Waals surface area contributed by atoms with Crippen molar-refractivity contribution in [2.45, 2.75) is 19.4 Å². The number of benzene rings is 1. The van der Waals surface area contributed by atoms with Crippen molar-refractivity contribution in [3.63, 3.8) is 0 Å². The van der Waals surface area contributed by atoms with Crippen molar-refractivity contribution in [2.24, 2.45) is 4.99 Å². The average molecular weight is 519 g/mol. The van der Waals surface area contributed by atoms with Crippen LogP contribution in [0.1, 0.15) is 12.5 Å². The Balaban J connectivity index is 0.00000420. The third-order valence-electron chi connectivity index (χ3n) is 5.47. The van der Waals surface area contributed by atoms with Crippen molar-refractivity contribution in [3.8, 4) is 11.5 Å². The Labute approximate surface area is 193 Å². The van der Waals surface area contributed by atoms with Crippen LogP contribution in [0.5, 0.6) is 11.5 Å². The molecule has 1 saturated heterocycles. The van der Waals surface area contributed by atoms with Gasteiger partial charge in [-0.2, -0.15) is 0 Å². The van der Waals surface area contributed by atoms with Gasteiger partial charge in [0.2, 0.25) is 0 Å². The Hall–Kier alpha value is -1.26. The molecule has 1 unspecified atom stereocenters. The summed E-state index contributed by atoms with van der Waals surface area (Å²) >= 11 is 0. The molecule has 0 saturated carbocycles. The third kappa shape index (κ3) is 7.82. The largest absolute Gasteiger partial charge is 0.493 e. The summed E-state index contributed by atoms with van der Waals surface area (Å²) in [5, 5.41) is 3.53. The number of nitrogens with one attached hydrogen (secondary N) is 1. The summed E-state index contributed by atoms with van der Waals surface area (Å²) in [4.78, 5) is 11.6. The number of hydrogen-bond acceptors (Lipinski definition) is 5. The second-order valence-electron chi connectivity index (χ2n) is 7.48. The van der Waals surface area contributed by atoms with E-state index in [4.69, 9.17) is 9.47 Å². The van der Waals surface area contributed by atoms with Crippen LogP contribution in [0, 0.1) is 0 Å². The standard InChI is InChI=1S/C21H37N5O2.HI/c1-17(26-13-11-24(3)12-14-26)16-23-21(22-2)25(4)10-9-18-7-8-19(27-5)20(15-18)28-6;/h7-8,15,17H,9-14,16H2,1-6H3,(H,22,23);1H. The van der Waals surface area contributed by atoms with Gasteiger partial charge in [0, 0.05) is 59.4 Å². The van der Waals surface area contributed by atoms with Crippen LogP contribution in [-0.2, 0) is 6.42 Å². The summed E-state index contributed by atoms with van der Waals surface area (Å²) in [5.41, 5.74) is 1.21. The minimum Gasteiger partial charge on any atom is -0.493 e. The zero-order valence-corrected chi connectivity index (χ0v) is 21.1. The number of halogens is 1. The van der Waals surface area contributed by atoms with Gasteiger partial charge in [-0.3, -0.25) is 9.89 Å². The molecule has 1 atom stereocenters. The van der Waals surface area contributed by atoms with Crippen molar-refractivity contribution >= 4 is 29.9 Å². The number of piperazine rings is 1. The van der Waals surface area contributed by atoms with E-state index >= 15 is 0 Å². The van der Waals surface area contributed by atoms with Crippen molar-refractivity contribution in [2.75, 3.05) is 74.6 Å². The van der Waals surface area contributed by atoms with Gasteiger partial charge in [-0.15, -0.1) is 24.0 Å². The monoisotopic (exact) mass is 519 g/mol. The van der Waals surface area contributed by atoms with Crippen LogP contribution in [0.4, 0.5) is 0 Å². The van der Waals surface area contributed by atoms with Gasteiger partial charge in [0.05, 0.1) is 14.2 Å². The van der Waals surface area contributed by atoms with Crippen LogP contribution in [0.2, 0.25) is 0 Å². The Morgan fingerprint density at radius 3 is 2.41 bits per heavy atom. The Morgan fingerprint density at radius 1 is 1.17 bits per heavy atom. The first-order valence-electron chi connectivity index (χ1n) is 10.0. The Kier molecular flexibility index (Phi) is 11.7. The van der Waals surface area contributed by atoms with E-state index in [1.165, 1.54) is 5.56 Å². The maximum Gasteiger partial charge on any atom is 0.193 e. The van der Waals surface area contributed by atoms with E-state index in [2.05, 4.69) is 52.1 Å². The first kappa shape index (κ1) is 25.8. The number of ether oxygens (including phenoxy) is 2. The number of guanidine groups is 1. The molecule has 1 aromatic carbocycles. The number of nitrogens with zero attached hydrogens (tertiary/aromatic N) is 4. The minimum atomic E-state index is 0. The molecule has 0 spiro atoms. The molecule has 1 N–H and O–H groups in total. The van der Waals surface area contributed by atoms with Crippen molar-refractivity contribution in [1.29, 1.82) is 0 Å². The maximum atomic E-state index is 5.40. The summed E-state index contributed by atoms with van der Waals surface area (Å²) in [6.07, 6.45) is 0.908. The summed E-state index contributed by atoms with van der Waals surface area (Å²) in [7, 11) is 9.44. The summed E-state index contributed by atoms with van der Waals surface area (Å²) in [5.74, 6) is 2.46. The molecular weight excluding hydrogens is 481 g/mol. The Bertz CT molecular complexity index is 635. The van der Waals surface area contributed by atoms with E-state index in [1.807, 2.05) is 19.2 Å². The molecular formula is C21H38IN5O2. The highest BCUT2D eigenvalue weighted by atomic mass is 127. The molecule has 29 heavy (non-hydrogen) atoms. The SMILES string of the molecule is CN=C(NCC(C)N1CCN(C)CC1)N(C)CCc1ccc(OC)c(OC)c1.I. The predicted molar refractivity (Wildman–Crippen MR) is 131 cm³/mol. The van der Waals surface area contributed by atoms with Gasteiger partial charge in [0.1, 0.15) is 0 Å². The smallest absolute Gasteiger partial charge is 0.193 e. The van der Waals surface area contributed by atoms with Crippen LogP contribution in [0.25, 0.3) is 0 Å². The molecule has 8 heteroatoms. The van der Waals surface area contributed by atoms with Crippen LogP contribution in [0.3, 0.4) is 0 Å². The first-order valence-corrected chi connectivity index (χ1v) is 10.0. The van der Waals surface area contributed by atoms with Gasteiger partial charge in [-0.1, -0.05) is 6.07 Å². The second-order valence-corrected chi connectivity index (χ2v) is 7.48. The zero-order chi connectivity index (χ0) is 20.5. The molecule has 1 aromatic rings. The molecule has 0 amide bonds. The van der Waals surface area contributed by atoms with E-state index in [1.54, 1.807) is 14.2 Å². The Morgan fingerprint density at radius 2 is 1.83 bits per heavy atom. The van der Waals surface area contributed by atoms with Gasteiger partial charge in [-0.25, -0.2) is 0 Å².